The van der Waals surface area contributed by atoms with Gasteiger partial charge in [0.1, 0.15) is 4.88 Å². The summed E-state index contributed by atoms with van der Waals surface area (Å²) in [6.45, 7) is 3.22. The molecule has 1 fully saturated rings. The van der Waals surface area contributed by atoms with Crippen LogP contribution in [0.3, 0.4) is 0 Å². The van der Waals surface area contributed by atoms with E-state index in [0.717, 1.165) is 59.7 Å². The lowest BCUT2D eigenvalue weighted by molar-refractivity contribution is -0.133. The number of nitrogens with zero attached hydrogens (tertiary/aromatic N) is 3. The Bertz CT molecular complexity index is 1910. The molecule has 0 atom stereocenters. The van der Waals surface area contributed by atoms with Crippen LogP contribution in [0, 0.1) is 0 Å². The minimum Gasteiger partial charge on any atom is -0.339 e. The van der Waals surface area contributed by atoms with Gasteiger partial charge in [-0.05, 0) is 90.8 Å². The maximum absolute atomic E-state index is 14.5. The summed E-state index contributed by atoms with van der Waals surface area (Å²) >= 11 is 27.1. The molecule has 0 aliphatic heterocycles. The maximum Gasteiger partial charge on any atom is 0.266 e. The highest BCUT2D eigenvalue weighted by Crippen LogP contribution is 2.43. The Labute approximate surface area is 305 Å². The molecule has 5 nitrogen and oxygen atoms in total. The van der Waals surface area contributed by atoms with Gasteiger partial charge in [-0.3, -0.25) is 14.6 Å². The van der Waals surface area contributed by atoms with Gasteiger partial charge in [-0.1, -0.05) is 89.7 Å². The Kier molecular flexibility index (Phi) is 11.3. The fourth-order valence-corrected chi connectivity index (χ4v) is 8.73. The number of rotatable bonds is 10. The predicted octanol–water partition coefficient (Wildman–Crippen LogP) is 11.0. The number of hydrogen-bond donors (Lipinski definition) is 0. The molecule has 0 N–H and O–H groups in total. The lowest BCUT2D eigenvalue weighted by Gasteiger charge is -2.41. The molecule has 6 rings (SSSR count). The number of carbonyl (C=O) groups is 2. The lowest BCUT2D eigenvalue weighted by Crippen LogP contribution is -2.48. The molecule has 2 aromatic heterocycles. The van der Waals surface area contributed by atoms with Gasteiger partial charge in [0.05, 0.1) is 26.2 Å². The molecule has 0 saturated heterocycles. The van der Waals surface area contributed by atoms with E-state index < -0.39 is 0 Å². The third-order valence-corrected chi connectivity index (χ3v) is 11.9. The van der Waals surface area contributed by atoms with Gasteiger partial charge in [-0.15, -0.1) is 11.3 Å². The van der Waals surface area contributed by atoms with Crippen LogP contribution in [-0.2, 0) is 17.8 Å². The van der Waals surface area contributed by atoms with Gasteiger partial charge < -0.3 is 9.80 Å². The highest BCUT2D eigenvalue weighted by atomic mass is 35.5. The second-order valence-corrected chi connectivity index (χ2v) is 14.8. The minimum atomic E-state index is -0.129. The zero-order valence-electron chi connectivity index (χ0n) is 26.5. The fourth-order valence-electron chi connectivity index (χ4n) is 6.61. The van der Waals surface area contributed by atoms with E-state index in [1.54, 1.807) is 18.5 Å². The topological polar surface area (TPSA) is 53.5 Å². The first-order chi connectivity index (χ1) is 23.2. The molecule has 0 unspecified atom stereocenters. The summed E-state index contributed by atoms with van der Waals surface area (Å²) in [4.78, 5) is 36.7. The van der Waals surface area contributed by atoms with E-state index in [2.05, 4.69) is 30.1 Å². The molecule has 0 bridgehead atoms. The zero-order chi connectivity index (χ0) is 33.8. The van der Waals surface area contributed by atoms with E-state index in [1.165, 1.54) is 11.3 Å². The average molecular weight is 740 g/mol. The standard InChI is InChI=1S/C38H35Cl4N3O2S/c1-2-20-44(33(46)22-24-6-8-28(39)9-7-24)29-10-12-30(13-11-29)45(23-25-4-3-5-27(21-25)26-16-18-43-19-17-26)38(47)37-34(41)31-14-15-32(40)35(42)36(31)48-37/h3-9,14-19,21,29-30H,2,10-13,20,22-23H2,1H3. The summed E-state index contributed by atoms with van der Waals surface area (Å²) in [5, 5.41) is 2.59. The molecule has 0 radical (unpaired) electrons. The quantitative estimate of drug-likeness (QED) is 0.143. The Morgan fingerprint density at radius 1 is 0.792 bits per heavy atom. The molecule has 2 heterocycles. The highest BCUT2D eigenvalue weighted by molar-refractivity contribution is 7.22. The van der Waals surface area contributed by atoms with Crippen molar-refractivity contribution in [3.05, 3.63) is 121 Å². The second-order valence-electron chi connectivity index (χ2n) is 12.2. The van der Waals surface area contributed by atoms with E-state index in [4.69, 9.17) is 46.4 Å². The Morgan fingerprint density at radius 2 is 1.48 bits per heavy atom. The Morgan fingerprint density at radius 3 is 2.17 bits per heavy atom. The van der Waals surface area contributed by atoms with Crippen LogP contribution in [-0.4, -0.2) is 45.2 Å². The summed E-state index contributed by atoms with van der Waals surface area (Å²) in [6, 6.07) is 23.3. The van der Waals surface area contributed by atoms with E-state index in [0.29, 0.717) is 49.2 Å². The summed E-state index contributed by atoms with van der Waals surface area (Å²) in [7, 11) is 0. The van der Waals surface area contributed by atoms with Crippen molar-refractivity contribution < 1.29 is 9.59 Å². The van der Waals surface area contributed by atoms with Gasteiger partial charge in [0.2, 0.25) is 5.91 Å². The molecular weight excluding hydrogens is 704 g/mol. The zero-order valence-corrected chi connectivity index (χ0v) is 30.3. The summed E-state index contributed by atoms with van der Waals surface area (Å²) in [6.07, 6.45) is 7.92. The summed E-state index contributed by atoms with van der Waals surface area (Å²) < 4.78 is 0.704. The SMILES string of the molecule is CCCN(C(=O)Cc1ccc(Cl)cc1)C1CCC(N(Cc2cccc(-c3ccncc3)c2)C(=O)c2sc3c(Cl)c(Cl)ccc3c2Cl)CC1. The Hall–Kier alpha value is -3.13. The van der Waals surface area contributed by atoms with Crippen LogP contribution >= 0.6 is 57.7 Å². The van der Waals surface area contributed by atoms with Gasteiger partial charge in [0.25, 0.3) is 5.91 Å². The predicted molar refractivity (Wildman–Crippen MR) is 200 cm³/mol. The Balaban J connectivity index is 1.26. The van der Waals surface area contributed by atoms with E-state index in [-0.39, 0.29) is 23.9 Å². The normalized spacial score (nSPS) is 16.2. The number of amides is 2. The number of carbonyl (C=O) groups excluding carboxylic acids is 2. The maximum atomic E-state index is 14.5. The van der Waals surface area contributed by atoms with E-state index in [1.807, 2.05) is 58.3 Å². The van der Waals surface area contributed by atoms with Crippen LogP contribution in [0.1, 0.15) is 59.8 Å². The molecule has 1 saturated carbocycles. The van der Waals surface area contributed by atoms with Crippen molar-refractivity contribution in [2.45, 2.75) is 64.1 Å². The van der Waals surface area contributed by atoms with E-state index in [9.17, 15) is 9.59 Å². The van der Waals surface area contributed by atoms with Gasteiger partial charge in [-0.25, -0.2) is 0 Å². The van der Waals surface area contributed by atoms with Gasteiger partial charge >= 0.3 is 0 Å². The van der Waals surface area contributed by atoms with Crippen molar-refractivity contribution in [1.29, 1.82) is 0 Å². The van der Waals surface area contributed by atoms with Crippen LogP contribution in [0.2, 0.25) is 20.1 Å². The number of halogens is 4. The van der Waals surface area contributed by atoms with Crippen molar-refractivity contribution in [3.8, 4) is 11.1 Å². The largest absolute Gasteiger partial charge is 0.339 e. The molecule has 0 spiro atoms. The second kappa shape index (κ2) is 15.6. The van der Waals surface area contributed by atoms with Gasteiger partial charge in [0.15, 0.2) is 0 Å². The molecule has 48 heavy (non-hydrogen) atoms. The van der Waals surface area contributed by atoms with Crippen LogP contribution in [0.25, 0.3) is 21.2 Å². The van der Waals surface area contributed by atoms with Crippen LogP contribution in [0.4, 0.5) is 0 Å². The molecule has 3 aromatic carbocycles. The number of thiophene rings is 1. The third-order valence-electron chi connectivity index (χ3n) is 9.04. The lowest BCUT2D eigenvalue weighted by atomic mass is 9.88. The van der Waals surface area contributed by atoms with Gasteiger partial charge in [-0.2, -0.15) is 0 Å². The number of pyridine rings is 1. The molecule has 1 aliphatic carbocycles. The number of aromatic nitrogens is 1. The molecule has 248 valence electrons. The van der Waals surface area contributed by atoms with Crippen molar-refractivity contribution in [2.24, 2.45) is 0 Å². The highest BCUT2D eigenvalue weighted by Gasteiger charge is 2.35. The molecule has 5 aromatic rings. The smallest absolute Gasteiger partial charge is 0.266 e. The van der Waals surface area contributed by atoms with Crippen molar-refractivity contribution in [1.82, 2.24) is 14.8 Å². The third kappa shape index (κ3) is 7.69. The molecule has 2 amide bonds. The monoisotopic (exact) mass is 737 g/mol. The average Bonchev–Trinajstić information content (AvgIpc) is 3.45. The summed E-state index contributed by atoms with van der Waals surface area (Å²) in [5.41, 5.74) is 4.08. The van der Waals surface area contributed by atoms with Crippen molar-refractivity contribution in [3.63, 3.8) is 0 Å². The number of fused-ring (bicyclic) bond motifs is 1. The van der Waals surface area contributed by atoms with E-state index >= 15 is 0 Å². The van der Waals surface area contributed by atoms with Crippen molar-refractivity contribution >= 4 is 79.6 Å². The first-order valence-corrected chi connectivity index (χ1v) is 18.5. The molecular formula is C38H35Cl4N3O2S. The van der Waals surface area contributed by atoms with Crippen LogP contribution in [0.15, 0.2) is 85.2 Å². The van der Waals surface area contributed by atoms with Crippen LogP contribution in [0.5, 0.6) is 0 Å². The number of hydrogen-bond acceptors (Lipinski definition) is 4. The van der Waals surface area contributed by atoms with Gasteiger partial charge in [0, 0.05) is 48.0 Å². The fraction of sp³-hybridized carbons (Fsp3) is 0.289. The summed E-state index contributed by atoms with van der Waals surface area (Å²) in [5.74, 6) is -0.00791. The first kappa shape index (κ1) is 34.7. The first-order valence-electron chi connectivity index (χ1n) is 16.1. The minimum absolute atomic E-state index is 0.0338. The van der Waals surface area contributed by atoms with Crippen LogP contribution < -0.4 is 0 Å². The van der Waals surface area contributed by atoms with Crippen molar-refractivity contribution in [2.75, 3.05) is 6.54 Å². The number of benzene rings is 3. The molecule has 1 aliphatic rings. The molecule has 10 heteroatoms.